The Morgan fingerprint density at radius 1 is 0.298 bits per heavy atom. The molecule has 3 nitrogen and oxygen atoms in total. The summed E-state index contributed by atoms with van der Waals surface area (Å²) >= 11 is 0. The third kappa shape index (κ3) is 7.99. The van der Waals surface area contributed by atoms with Gasteiger partial charge in [0.1, 0.15) is 0 Å². The highest BCUT2D eigenvalue weighted by atomic mass is 15.2. The minimum atomic E-state index is -0.746. The van der Waals surface area contributed by atoms with Crippen molar-refractivity contribution in [3.8, 4) is 22.3 Å². The van der Waals surface area contributed by atoms with Crippen LogP contribution >= 0.6 is 0 Å². The van der Waals surface area contributed by atoms with Crippen molar-refractivity contribution >= 4 is 51.2 Å². The van der Waals surface area contributed by atoms with Crippen molar-refractivity contribution in [2.45, 2.75) is 99.3 Å². The topological polar surface area (TPSA) is 9.72 Å². The molecule has 0 bridgehead atoms. The highest BCUT2D eigenvalue weighted by Gasteiger charge is 2.47. The smallest absolute Gasteiger partial charge is 0.0742 e. The van der Waals surface area contributed by atoms with Gasteiger partial charge >= 0.3 is 0 Å². The quantitative estimate of drug-likeness (QED) is 0.143. The van der Waals surface area contributed by atoms with Crippen molar-refractivity contribution in [1.29, 1.82) is 0 Å². The maximum atomic E-state index is 2.51. The molecular weight excluding hydrogens is 1010 g/mol. The average Bonchev–Trinajstić information content (AvgIpc) is 0.991. The van der Waals surface area contributed by atoms with Crippen LogP contribution in [0.5, 0.6) is 0 Å². The summed E-state index contributed by atoms with van der Waals surface area (Å²) in [5.74, 6) is 0. The molecule has 84 heavy (non-hydrogen) atoms. The van der Waals surface area contributed by atoms with Crippen LogP contribution in [0, 0.1) is 55.4 Å². The molecule has 3 heteroatoms. The molecule has 412 valence electrons. The Kier molecular flexibility index (Phi) is 12.2. The van der Waals surface area contributed by atoms with Crippen LogP contribution in [0.15, 0.2) is 224 Å². The van der Waals surface area contributed by atoms with Crippen molar-refractivity contribution in [2.24, 2.45) is 0 Å². The molecule has 0 saturated carbocycles. The van der Waals surface area contributed by atoms with Crippen LogP contribution in [0.3, 0.4) is 0 Å². The van der Waals surface area contributed by atoms with Gasteiger partial charge in [-0.25, -0.2) is 0 Å². The summed E-state index contributed by atoms with van der Waals surface area (Å²) in [6.45, 7) is 27.4. The molecule has 0 N–H and O–H groups in total. The molecule has 0 amide bonds. The maximum Gasteiger partial charge on any atom is 0.0742 e. The fourth-order valence-electron chi connectivity index (χ4n) is 14.9. The second-order valence-corrected chi connectivity index (χ2v) is 25.5. The Hall–Kier alpha value is -9.18. The molecule has 0 fully saturated rings. The predicted octanol–water partition coefficient (Wildman–Crippen LogP) is 21.9. The minimum Gasteiger partial charge on any atom is -0.310 e. The number of hydrogen-bond acceptors (Lipinski definition) is 3. The predicted molar refractivity (Wildman–Crippen MR) is 355 cm³/mol. The molecule has 2 aliphatic carbocycles. The first kappa shape index (κ1) is 52.9. The zero-order valence-electron chi connectivity index (χ0n) is 50.7. The van der Waals surface area contributed by atoms with Gasteiger partial charge in [-0.05, 0) is 240 Å². The van der Waals surface area contributed by atoms with E-state index in [-0.39, 0.29) is 10.8 Å². The monoisotopic (exact) mass is 1090 g/mol. The summed E-state index contributed by atoms with van der Waals surface area (Å²) in [6.07, 6.45) is 0. The second kappa shape index (κ2) is 19.5. The summed E-state index contributed by atoms with van der Waals surface area (Å²) < 4.78 is 0. The van der Waals surface area contributed by atoms with Gasteiger partial charge < -0.3 is 14.7 Å². The van der Waals surface area contributed by atoms with Crippen LogP contribution in [0.2, 0.25) is 0 Å². The van der Waals surface area contributed by atoms with Crippen molar-refractivity contribution in [2.75, 3.05) is 14.7 Å². The Labute approximate surface area is 498 Å². The maximum absolute atomic E-state index is 2.51. The van der Waals surface area contributed by atoms with Gasteiger partial charge in [-0.1, -0.05) is 178 Å². The zero-order valence-corrected chi connectivity index (χ0v) is 50.7. The van der Waals surface area contributed by atoms with E-state index in [1.807, 2.05) is 0 Å². The van der Waals surface area contributed by atoms with Crippen molar-refractivity contribution < 1.29 is 0 Å². The molecule has 14 rings (SSSR count). The molecule has 1 aliphatic heterocycles. The van der Waals surface area contributed by atoms with E-state index in [1.165, 1.54) is 128 Å². The van der Waals surface area contributed by atoms with Gasteiger partial charge in [-0.2, -0.15) is 0 Å². The van der Waals surface area contributed by atoms with E-state index in [2.05, 4.69) is 322 Å². The van der Waals surface area contributed by atoms with Crippen LogP contribution in [-0.2, 0) is 16.2 Å². The molecule has 0 spiro atoms. The Balaban J connectivity index is 0.986. The highest BCUT2D eigenvalue weighted by molar-refractivity contribution is 5.92. The number of rotatable bonds is 9. The van der Waals surface area contributed by atoms with E-state index in [1.54, 1.807) is 0 Å². The van der Waals surface area contributed by atoms with E-state index >= 15 is 0 Å². The van der Waals surface area contributed by atoms with E-state index < -0.39 is 5.41 Å². The summed E-state index contributed by atoms with van der Waals surface area (Å²) in [5, 5.41) is 0. The van der Waals surface area contributed by atoms with Gasteiger partial charge in [0, 0.05) is 50.6 Å². The fraction of sp³-hybridized carbons (Fsp3) is 0.185. The van der Waals surface area contributed by atoms with Crippen molar-refractivity contribution in [1.82, 2.24) is 0 Å². The summed E-state index contributed by atoms with van der Waals surface area (Å²) in [5.41, 5.74) is 35.0. The van der Waals surface area contributed by atoms with E-state index in [9.17, 15) is 0 Å². The van der Waals surface area contributed by atoms with Gasteiger partial charge in [0.2, 0.25) is 0 Å². The number of para-hydroxylation sites is 1. The number of hydrogen-bond donors (Lipinski definition) is 0. The molecule has 3 aliphatic rings. The summed E-state index contributed by atoms with van der Waals surface area (Å²) in [6, 6.07) is 86.1. The average molecular weight is 1090 g/mol. The van der Waals surface area contributed by atoms with Gasteiger partial charge in [-0.3, -0.25) is 0 Å². The fourth-order valence-corrected chi connectivity index (χ4v) is 14.9. The first-order valence-corrected chi connectivity index (χ1v) is 30.0. The summed E-state index contributed by atoms with van der Waals surface area (Å²) in [4.78, 5) is 7.50. The second-order valence-electron chi connectivity index (χ2n) is 25.5. The lowest BCUT2D eigenvalue weighted by Crippen LogP contribution is -2.38. The van der Waals surface area contributed by atoms with Gasteiger partial charge in [0.05, 0.1) is 16.8 Å². The molecule has 1 heterocycles. The van der Waals surface area contributed by atoms with E-state index in [0.29, 0.717) is 0 Å². The largest absolute Gasteiger partial charge is 0.310 e. The van der Waals surface area contributed by atoms with Gasteiger partial charge in [0.15, 0.2) is 0 Å². The molecule has 11 aromatic rings. The van der Waals surface area contributed by atoms with Gasteiger partial charge in [-0.15, -0.1) is 0 Å². The Bertz CT molecular complexity index is 4250. The molecule has 0 aromatic heterocycles. The third-order valence-corrected chi connectivity index (χ3v) is 19.5. The highest BCUT2D eigenvalue weighted by Crippen LogP contribution is 2.59. The molecule has 0 unspecified atom stereocenters. The van der Waals surface area contributed by atoms with Crippen LogP contribution < -0.4 is 14.7 Å². The molecular formula is C81H73N3. The first-order chi connectivity index (χ1) is 40.4. The molecule has 0 atom stereocenters. The number of fused-ring (bicyclic) bond motifs is 8. The lowest BCUT2D eigenvalue weighted by Gasteiger charge is -2.47. The van der Waals surface area contributed by atoms with Crippen LogP contribution in [0.1, 0.15) is 117 Å². The number of nitrogens with zero attached hydrogens (tertiary/aromatic N) is 3. The Morgan fingerprint density at radius 2 is 0.702 bits per heavy atom. The van der Waals surface area contributed by atoms with Crippen molar-refractivity contribution in [3.05, 3.63) is 313 Å². The number of benzene rings is 11. The number of anilines is 9. The first-order valence-electron chi connectivity index (χ1n) is 30.0. The molecule has 11 aromatic carbocycles. The normalized spacial score (nSPS) is 14.5. The summed E-state index contributed by atoms with van der Waals surface area (Å²) in [7, 11) is 0. The minimum absolute atomic E-state index is 0.150. The van der Waals surface area contributed by atoms with Crippen LogP contribution in [0.25, 0.3) is 22.3 Å². The third-order valence-electron chi connectivity index (χ3n) is 19.5. The van der Waals surface area contributed by atoms with Crippen LogP contribution in [-0.4, -0.2) is 0 Å². The zero-order chi connectivity index (χ0) is 58.1. The van der Waals surface area contributed by atoms with Gasteiger partial charge in [0.25, 0.3) is 0 Å². The number of aryl methyl sites for hydroxylation is 6. The molecule has 0 saturated heterocycles. The van der Waals surface area contributed by atoms with E-state index in [0.717, 1.165) is 34.1 Å². The lowest BCUT2D eigenvalue weighted by molar-refractivity contribution is 0.660. The van der Waals surface area contributed by atoms with Crippen molar-refractivity contribution in [3.63, 3.8) is 0 Å². The standard InChI is InChI=1S/C81H73N3/c1-50-25-32-62(33-26-50)84-75-24-18-17-23-71(75)81(74-45-51(2)27-42-76(74)84,58-28-34-60(35-29-58)82(77-46-52(3)43-54(5)56(77)7)63-38-40-67-65-19-13-15-21-69(65)79(9,10)72(67)48-63)59-30-36-61(37-31-59)83(78-47-53(4)44-55(6)57(78)8)64-39-41-68-66-20-14-16-22-70(66)80(11,12)73(68)49-64/h13-49H,1-12H3. The SMILES string of the molecule is Cc1ccc(N2c3ccccc3C(c3ccc(N(c4ccc5c(c4)C(C)(C)c4ccccc4-5)c4cc(C)cc(C)c4C)cc3)(c3ccc(N(c4ccc5c(c4)C(C)(C)c4ccccc4-5)c4cc(C)cc(C)c4C)cc3)c3cc(C)ccc32)cc1. The molecule has 0 radical (unpaired) electrons. The van der Waals surface area contributed by atoms with Crippen LogP contribution in [0.4, 0.5) is 51.2 Å². The lowest BCUT2D eigenvalue weighted by atomic mass is 9.62. The Morgan fingerprint density at radius 3 is 1.19 bits per heavy atom. The van der Waals surface area contributed by atoms with E-state index in [4.69, 9.17) is 0 Å².